The Hall–Kier alpha value is -0.190. The Morgan fingerprint density at radius 2 is 1.89 bits per heavy atom. The van der Waals surface area contributed by atoms with Crippen LogP contribution in [0, 0.1) is 0 Å². The Balaban J connectivity index is 2.53. The molecule has 0 aliphatic heterocycles. The third kappa shape index (κ3) is 5.21. The molecule has 1 aromatic rings. The first-order valence-electron chi connectivity index (χ1n) is 6.67. The minimum atomic E-state index is 0.240. The third-order valence-corrected chi connectivity index (χ3v) is 4.77. The second kappa shape index (κ2) is 8.83. The molecule has 18 heavy (non-hydrogen) atoms. The molecule has 0 aliphatic carbocycles. The number of rotatable bonds is 9. The van der Waals surface area contributed by atoms with Crippen LogP contribution < -0.4 is 0 Å². The summed E-state index contributed by atoms with van der Waals surface area (Å²) in [7, 11) is 0. The van der Waals surface area contributed by atoms with Crippen LogP contribution in [0.4, 0.5) is 0 Å². The van der Waals surface area contributed by atoms with Gasteiger partial charge in [0, 0.05) is 4.47 Å². The molecule has 0 spiro atoms. The van der Waals surface area contributed by atoms with E-state index in [0.717, 1.165) is 22.4 Å². The lowest BCUT2D eigenvalue weighted by atomic mass is 10.2. The van der Waals surface area contributed by atoms with Crippen molar-refractivity contribution in [2.24, 2.45) is 0 Å². The van der Waals surface area contributed by atoms with Crippen LogP contribution in [0.5, 0.6) is 0 Å². The van der Waals surface area contributed by atoms with Gasteiger partial charge < -0.3 is 0 Å². The number of hydrogen-bond acceptors (Lipinski definition) is 3. The van der Waals surface area contributed by atoms with E-state index in [1.807, 2.05) is 11.4 Å². The molecule has 0 amide bonds. The quantitative estimate of drug-likeness (QED) is 0.616. The molecular formula is C14H22BrNOS. The predicted molar refractivity (Wildman–Crippen MR) is 82.6 cm³/mol. The van der Waals surface area contributed by atoms with Gasteiger partial charge in [0.25, 0.3) is 0 Å². The van der Waals surface area contributed by atoms with Gasteiger partial charge in [0.1, 0.15) is 0 Å². The van der Waals surface area contributed by atoms with E-state index in [9.17, 15) is 4.79 Å². The van der Waals surface area contributed by atoms with Gasteiger partial charge in [-0.3, -0.25) is 9.69 Å². The lowest BCUT2D eigenvalue weighted by molar-refractivity contribution is 0.0931. The van der Waals surface area contributed by atoms with E-state index >= 15 is 0 Å². The normalized spacial score (nSPS) is 11.1. The smallest absolute Gasteiger partial charge is 0.187 e. The van der Waals surface area contributed by atoms with Crippen LogP contribution >= 0.6 is 27.3 Å². The molecule has 1 rings (SSSR count). The highest BCUT2D eigenvalue weighted by Crippen LogP contribution is 2.23. The highest BCUT2D eigenvalue weighted by Gasteiger charge is 2.15. The van der Waals surface area contributed by atoms with Crippen LogP contribution in [0.2, 0.25) is 0 Å². The molecule has 0 saturated heterocycles. The third-order valence-electron chi connectivity index (χ3n) is 2.89. The highest BCUT2D eigenvalue weighted by atomic mass is 79.9. The Morgan fingerprint density at radius 1 is 1.28 bits per heavy atom. The van der Waals surface area contributed by atoms with Crippen molar-refractivity contribution >= 4 is 33.0 Å². The van der Waals surface area contributed by atoms with E-state index in [1.54, 1.807) is 0 Å². The number of ketones is 1. The van der Waals surface area contributed by atoms with Crippen LogP contribution in [-0.4, -0.2) is 30.3 Å². The van der Waals surface area contributed by atoms with E-state index in [-0.39, 0.29) is 5.78 Å². The molecule has 1 heterocycles. The van der Waals surface area contributed by atoms with E-state index < -0.39 is 0 Å². The molecule has 0 aliphatic rings. The van der Waals surface area contributed by atoms with Crippen LogP contribution in [-0.2, 0) is 0 Å². The fourth-order valence-corrected chi connectivity index (χ4v) is 3.33. The zero-order valence-electron chi connectivity index (χ0n) is 11.2. The first kappa shape index (κ1) is 15.9. The van der Waals surface area contributed by atoms with Crippen molar-refractivity contribution in [2.45, 2.75) is 39.5 Å². The zero-order chi connectivity index (χ0) is 13.4. The average Bonchev–Trinajstić information content (AvgIpc) is 2.78. The fraction of sp³-hybridized carbons (Fsp3) is 0.643. The van der Waals surface area contributed by atoms with Gasteiger partial charge in [-0.15, -0.1) is 11.3 Å². The summed E-state index contributed by atoms with van der Waals surface area (Å²) in [5.41, 5.74) is 0. The topological polar surface area (TPSA) is 20.3 Å². The molecule has 0 atom stereocenters. The molecule has 0 radical (unpaired) electrons. The van der Waals surface area contributed by atoms with Crippen molar-refractivity contribution in [1.82, 2.24) is 4.90 Å². The number of nitrogens with zero attached hydrogens (tertiary/aromatic N) is 1. The largest absolute Gasteiger partial charge is 0.296 e. The van der Waals surface area contributed by atoms with Crippen molar-refractivity contribution in [2.75, 3.05) is 19.6 Å². The summed E-state index contributed by atoms with van der Waals surface area (Å²) in [5, 5.41) is 1.96. The monoisotopic (exact) mass is 331 g/mol. The molecular weight excluding hydrogens is 310 g/mol. The van der Waals surface area contributed by atoms with Gasteiger partial charge in [0.05, 0.1) is 11.4 Å². The number of carbonyl (C=O) groups is 1. The molecule has 0 bridgehead atoms. The summed E-state index contributed by atoms with van der Waals surface area (Å²) < 4.78 is 0.934. The second-order valence-electron chi connectivity index (χ2n) is 4.50. The summed E-state index contributed by atoms with van der Waals surface area (Å²) >= 11 is 4.96. The summed E-state index contributed by atoms with van der Waals surface area (Å²) in [5.74, 6) is 0.240. The van der Waals surface area contributed by atoms with Crippen molar-refractivity contribution in [3.63, 3.8) is 0 Å². The maximum absolute atomic E-state index is 12.2. The Kier molecular flexibility index (Phi) is 7.79. The van der Waals surface area contributed by atoms with Crippen molar-refractivity contribution in [3.05, 3.63) is 20.8 Å². The van der Waals surface area contributed by atoms with Gasteiger partial charge in [-0.05, 0) is 53.3 Å². The maximum Gasteiger partial charge on any atom is 0.187 e. The molecule has 1 aromatic heterocycles. The Bertz CT molecular complexity index is 356. The standard InChI is InChI=1S/C14H22BrNOS/c1-3-5-8-16(9-6-4-2)11-13(17)14-12(15)7-10-18-14/h7,10H,3-6,8-9,11H2,1-2H3. The average molecular weight is 332 g/mol. The number of unbranched alkanes of at least 4 members (excludes halogenated alkanes) is 2. The molecule has 0 aromatic carbocycles. The molecule has 0 unspecified atom stereocenters. The Labute approximate surface area is 123 Å². The van der Waals surface area contributed by atoms with Crippen LogP contribution in [0.15, 0.2) is 15.9 Å². The van der Waals surface area contributed by atoms with Crippen LogP contribution in [0.1, 0.15) is 49.2 Å². The minimum Gasteiger partial charge on any atom is -0.296 e. The first-order valence-corrected chi connectivity index (χ1v) is 8.34. The SMILES string of the molecule is CCCCN(CCCC)CC(=O)c1sccc1Br. The summed E-state index contributed by atoms with van der Waals surface area (Å²) in [4.78, 5) is 15.3. The second-order valence-corrected chi connectivity index (χ2v) is 6.27. The lowest BCUT2D eigenvalue weighted by Crippen LogP contribution is -2.31. The lowest BCUT2D eigenvalue weighted by Gasteiger charge is -2.20. The fourth-order valence-electron chi connectivity index (χ4n) is 1.80. The predicted octanol–water partition coefficient (Wildman–Crippen LogP) is 4.60. The van der Waals surface area contributed by atoms with Gasteiger partial charge in [-0.1, -0.05) is 26.7 Å². The molecule has 102 valence electrons. The van der Waals surface area contributed by atoms with E-state index in [4.69, 9.17) is 0 Å². The van der Waals surface area contributed by atoms with Crippen LogP contribution in [0.25, 0.3) is 0 Å². The number of halogens is 1. The number of carbonyl (C=O) groups excluding carboxylic acids is 1. The number of hydrogen-bond donors (Lipinski definition) is 0. The van der Waals surface area contributed by atoms with Gasteiger partial charge in [-0.25, -0.2) is 0 Å². The van der Waals surface area contributed by atoms with Gasteiger partial charge in [-0.2, -0.15) is 0 Å². The summed E-state index contributed by atoms with van der Waals surface area (Å²) in [6.07, 6.45) is 4.70. The summed E-state index contributed by atoms with van der Waals surface area (Å²) in [6, 6.07) is 1.94. The van der Waals surface area contributed by atoms with E-state index in [0.29, 0.717) is 6.54 Å². The van der Waals surface area contributed by atoms with Crippen LogP contribution in [0.3, 0.4) is 0 Å². The minimum absolute atomic E-state index is 0.240. The van der Waals surface area contributed by atoms with Crippen molar-refractivity contribution < 1.29 is 4.79 Å². The Morgan fingerprint density at radius 3 is 2.33 bits per heavy atom. The summed E-state index contributed by atoms with van der Waals surface area (Å²) in [6.45, 7) is 7.00. The first-order chi connectivity index (χ1) is 8.69. The van der Waals surface area contributed by atoms with Gasteiger partial charge in [0.2, 0.25) is 0 Å². The highest BCUT2D eigenvalue weighted by molar-refractivity contribution is 9.10. The van der Waals surface area contributed by atoms with Gasteiger partial charge >= 0.3 is 0 Å². The number of thiophene rings is 1. The molecule has 0 fully saturated rings. The molecule has 2 nitrogen and oxygen atoms in total. The van der Waals surface area contributed by atoms with Crippen molar-refractivity contribution in [3.8, 4) is 0 Å². The van der Waals surface area contributed by atoms with Gasteiger partial charge in [0.15, 0.2) is 5.78 Å². The van der Waals surface area contributed by atoms with E-state index in [1.165, 1.54) is 37.0 Å². The number of Topliss-reactive ketones (excluding diaryl/α,β-unsaturated/α-hetero) is 1. The zero-order valence-corrected chi connectivity index (χ0v) is 13.6. The van der Waals surface area contributed by atoms with Crippen molar-refractivity contribution in [1.29, 1.82) is 0 Å². The maximum atomic E-state index is 12.2. The molecule has 0 saturated carbocycles. The molecule has 0 N–H and O–H groups in total. The molecule has 4 heteroatoms. The van der Waals surface area contributed by atoms with E-state index in [2.05, 4.69) is 34.7 Å².